The predicted octanol–water partition coefficient (Wildman–Crippen LogP) is 1.78. The van der Waals surface area contributed by atoms with Gasteiger partial charge in [0.05, 0.1) is 13.8 Å². The molecule has 2 aliphatic rings. The molecular weight excluding hydrogens is 392 g/mol. The highest BCUT2D eigenvalue weighted by atomic mass is 16.5. The number of carbonyl (C=O) groups is 2. The minimum atomic E-state index is -0.565. The Kier molecular flexibility index (Phi) is 6.42. The zero-order valence-electron chi connectivity index (χ0n) is 18.0. The third kappa shape index (κ3) is 4.37. The van der Waals surface area contributed by atoms with E-state index < -0.39 is 5.54 Å². The molecule has 7 nitrogen and oxygen atoms in total. The number of ether oxygens (including phenoxy) is 1. The molecule has 2 heterocycles. The Morgan fingerprint density at radius 3 is 2.55 bits per heavy atom. The number of methoxy groups -OCH3 is 1. The van der Waals surface area contributed by atoms with Gasteiger partial charge in [-0.3, -0.25) is 9.59 Å². The highest BCUT2D eigenvalue weighted by Gasteiger charge is 2.52. The van der Waals surface area contributed by atoms with Crippen LogP contribution >= 0.6 is 0 Å². The monoisotopic (exact) mass is 422 g/mol. The van der Waals surface area contributed by atoms with Crippen molar-refractivity contribution in [2.24, 2.45) is 0 Å². The topological polar surface area (TPSA) is 73.9 Å². The maximum Gasteiger partial charge on any atom is 0.250 e. The van der Waals surface area contributed by atoms with Crippen LogP contribution in [0.1, 0.15) is 18.4 Å². The molecule has 164 valence electrons. The van der Waals surface area contributed by atoms with Crippen molar-refractivity contribution in [1.29, 1.82) is 0 Å². The van der Waals surface area contributed by atoms with E-state index in [2.05, 4.69) is 15.5 Å². The molecule has 0 aromatic heterocycles. The molecule has 2 aliphatic heterocycles. The van der Waals surface area contributed by atoms with Crippen molar-refractivity contribution in [3.63, 3.8) is 0 Å². The smallest absolute Gasteiger partial charge is 0.250 e. The van der Waals surface area contributed by atoms with Gasteiger partial charge in [-0.2, -0.15) is 0 Å². The second kappa shape index (κ2) is 9.39. The lowest BCUT2D eigenvalue weighted by Crippen LogP contribution is -2.55. The third-order valence-corrected chi connectivity index (χ3v) is 6.26. The molecule has 2 fully saturated rings. The van der Waals surface area contributed by atoms with E-state index in [0.717, 1.165) is 42.9 Å². The Balaban J connectivity index is 1.40. The van der Waals surface area contributed by atoms with E-state index in [1.54, 1.807) is 12.0 Å². The molecule has 0 unspecified atom stereocenters. The fraction of sp³-hybridized carbons (Fsp3) is 0.417. The molecular formula is C24H30N4O3. The molecule has 0 aliphatic carbocycles. The molecule has 0 saturated carbocycles. The second-order valence-corrected chi connectivity index (χ2v) is 8.10. The lowest BCUT2D eigenvalue weighted by Gasteiger charge is -2.40. The number of hydrogen-bond acceptors (Lipinski definition) is 5. The van der Waals surface area contributed by atoms with Gasteiger partial charge in [-0.05, 0) is 56.1 Å². The number of hydrogen-bond donors (Lipinski definition) is 2. The summed E-state index contributed by atoms with van der Waals surface area (Å²) in [5.41, 5.74) is 1.51. The number of benzene rings is 2. The quantitative estimate of drug-likeness (QED) is 0.712. The molecule has 2 N–H and O–H groups in total. The largest absolute Gasteiger partial charge is 0.496 e. The predicted molar refractivity (Wildman–Crippen MR) is 120 cm³/mol. The molecule has 0 bridgehead atoms. The van der Waals surface area contributed by atoms with Gasteiger partial charge in [-0.1, -0.05) is 36.4 Å². The fourth-order valence-electron chi connectivity index (χ4n) is 4.64. The minimum Gasteiger partial charge on any atom is -0.496 e. The Morgan fingerprint density at radius 2 is 1.81 bits per heavy atom. The standard InChI is InChI=1S/C24H30N4O3/c1-31-21-10-6-5-7-19(21)11-14-26-22(29)17-27-18-28(20-8-3-2-4-9-20)24(23(27)30)12-15-25-16-13-24/h2-10,25H,11-18H2,1H3,(H,26,29). The summed E-state index contributed by atoms with van der Waals surface area (Å²) in [6.07, 6.45) is 2.16. The SMILES string of the molecule is COc1ccccc1CCNC(=O)CN1CN(c2ccccc2)C2(CCNCC2)C1=O. The van der Waals surface area contributed by atoms with Crippen LogP contribution in [0.15, 0.2) is 54.6 Å². The molecule has 2 saturated heterocycles. The van der Waals surface area contributed by atoms with E-state index in [4.69, 9.17) is 4.74 Å². The minimum absolute atomic E-state index is 0.0535. The number of rotatable bonds is 7. The van der Waals surface area contributed by atoms with Crippen LogP contribution in [0.25, 0.3) is 0 Å². The normalized spacial score (nSPS) is 17.8. The molecule has 0 radical (unpaired) electrons. The van der Waals surface area contributed by atoms with E-state index >= 15 is 0 Å². The molecule has 2 amide bonds. The van der Waals surface area contributed by atoms with Crippen LogP contribution in [0.3, 0.4) is 0 Å². The number of amides is 2. The molecule has 1 spiro atoms. The van der Waals surface area contributed by atoms with E-state index in [1.165, 1.54) is 0 Å². The summed E-state index contributed by atoms with van der Waals surface area (Å²) >= 11 is 0. The summed E-state index contributed by atoms with van der Waals surface area (Å²) < 4.78 is 5.37. The van der Waals surface area contributed by atoms with Crippen LogP contribution < -0.4 is 20.3 Å². The summed E-state index contributed by atoms with van der Waals surface area (Å²) in [4.78, 5) is 29.9. The average Bonchev–Trinajstić information content (AvgIpc) is 3.06. The first-order valence-electron chi connectivity index (χ1n) is 10.9. The van der Waals surface area contributed by atoms with Crippen molar-refractivity contribution in [1.82, 2.24) is 15.5 Å². The Hall–Kier alpha value is -3.06. The number of piperidine rings is 1. The van der Waals surface area contributed by atoms with Crippen molar-refractivity contribution in [3.8, 4) is 5.75 Å². The molecule has 0 atom stereocenters. The van der Waals surface area contributed by atoms with Crippen LogP contribution in [-0.4, -0.2) is 62.2 Å². The number of nitrogens with one attached hydrogen (secondary N) is 2. The second-order valence-electron chi connectivity index (χ2n) is 8.10. The summed E-state index contributed by atoms with van der Waals surface area (Å²) in [5.74, 6) is 0.734. The van der Waals surface area contributed by atoms with Crippen molar-refractivity contribution in [3.05, 3.63) is 60.2 Å². The zero-order valence-corrected chi connectivity index (χ0v) is 18.0. The first-order chi connectivity index (χ1) is 15.1. The van der Waals surface area contributed by atoms with Crippen LogP contribution in [0.2, 0.25) is 0 Å². The van der Waals surface area contributed by atoms with Gasteiger partial charge in [0.1, 0.15) is 17.8 Å². The van der Waals surface area contributed by atoms with Gasteiger partial charge >= 0.3 is 0 Å². The van der Waals surface area contributed by atoms with Gasteiger partial charge in [0.2, 0.25) is 11.8 Å². The lowest BCUT2D eigenvalue weighted by molar-refractivity contribution is -0.136. The summed E-state index contributed by atoms with van der Waals surface area (Å²) in [6.45, 7) is 2.60. The summed E-state index contributed by atoms with van der Waals surface area (Å²) in [6, 6.07) is 17.8. The first-order valence-corrected chi connectivity index (χ1v) is 10.9. The number of anilines is 1. The Morgan fingerprint density at radius 1 is 1.10 bits per heavy atom. The van der Waals surface area contributed by atoms with Gasteiger partial charge in [0.25, 0.3) is 0 Å². The van der Waals surface area contributed by atoms with Gasteiger partial charge in [-0.25, -0.2) is 0 Å². The Bertz CT molecular complexity index is 912. The molecule has 2 aromatic rings. The van der Waals surface area contributed by atoms with E-state index in [1.807, 2.05) is 54.6 Å². The fourth-order valence-corrected chi connectivity index (χ4v) is 4.64. The zero-order chi connectivity index (χ0) is 21.7. The summed E-state index contributed by atoms with van der Waals surface area (Å²) in [5, 5.41) is 6.31. The Labute approximate surface area is 183 Å². The van der Waals surface area contributed by atoms with E-state index in [9.17, 15) is 9.59 Å². The molecule has 2 aromatic carbocycles. The molecule has 31 heavy (non-hydrogen) atoms. The number of carbonyl (C=O) groups excluding carboxylic acids is 2. The van der Waals surface area contributed by atoms with Gasteiger partial charge in [0.15, 0.2) is 0 Å². The maximum atomic E-state index is 13.4. The van der Waals surface area contributed by atoms with Crippen molar-refractivity contribution >= 4 is 17.5 Å². The maximum absolute atomic E-state index is 13.4. The number of para-hydroxylation sites is 2. The van der Waals surface area contributed by atoms with Crippen LogP contribution in [0.4, 0.5) is 5.69 Å². The van der Waals surface area contributed by atoms with Crippen LogP contribution in [0.5, 0.6) is 5.75 Å². The number of nitrogens with zero attached hydrogens (tertiary/aromatic N) is 2. The third-order valence-electron chi connectivity index (χ3n) is 6.26. The van der Waals surface area contributed by atoms with E-state index in [-0.39, 0.29) is 18.4 Å². The van der Waals surface area contributed by atoms with Crippen LogP contribution in [0, 0.1) is 0 Å². The summed E-state index contributed by atoms with van der Waals surface area (Å²) in [7, 11) is 1.64. The van der Waals surface area contributed by atoms with Crippen molar-refractivity contribution < 1.29 is 14.3 Å². The van der Waals surface area contributed by atoms with Crippen molar-refractivity contribution in [2.75, 3.05) is 44.9 Å². The highest BCUT2D eigenvalue weighted by Crippen LogP contribution is 2.37. The van der Waals surface area contributed by atoms with Crippen molar-refractivity contribution in [2.45, 2.75) is 24.8 Å². The lowest BCUT2D eigenvalue weighted by atomic mass is 9.86. The van der Waals surface area contributed by atoms with Gasteiger partial charge < -0.3 is 25.2 Å². The van der Waals surface area contributed by atoms with Crippen LogP contribution in [-0.2, 0) is 16.0 Å². The highest BCUT2D eigenvalue weighted by molar-refractivity contribution is 5.96. The van der Waals surface area contributed by atoms with Gasteiger partial charge in [-0.15, -0.1) is 0 Å². The molecule has 7 heteroatoms. The van der Waals surface area contributed by atoms with Gasteiger partial charge in [0, 0.05) is 12.2 Å². The molecule has 4 rings (SSSR count). The van der Waals surface area contributed by atoms with E-state index in [0.29, 0.717) is 19.6 Å². The average molecular weight is 423 g/mol. The first kappa shape index (κ1) is 21.2.